The second-order valence-corrected chi connectivity index (χ2v) is 6.38. The molecule has 0 atom stereocenters. The summed E-state index contributed by atoms with van der Waals surface area (Å²) in [5, 5.41) is 0.663. The molecule has 0 fully saturated rings. The first-order valence-electron chi connectivity index (χ1n) is 8.54. The summed E-state index contributed by atoms with van der Waals surface area (Å²) in [5.41, 5.74) is 1.59. The molecule has 0 saturated carbocycles. The van der Waals surface area contributed by atoms with Gasteiger partial charge in [-0.3, -0.25) is 0 Å². The molecule has 0 aliphatic carbocycles. The summed E-state index contributed by atoms with van der Waals surface area (Å²) in [4.78, 5) is 25.8. The molecule has 0 aliphatic rings. The van der Waals surface area contributed by atoms with Gasteiger partial charge in [0.15, 0.2) is 0 Å². The van der Waals surface area contributed by atoms with Crippen LogP contribution in [0.4, 0.5) is 4.79 Å². The van der Waals surface area contributed by atoms with Gasteiger partial charge >= 0.3 is 11.7 Å². The Labute approximate surface area is 162 Å². The van der Waals surface area contributed by atoms with E-state index in [0.29, 0.717) is 44.9 Å². The van der Waals surface area contributed by atoms with Crippen molar-refractivity contribution in [2.75, 3.05) is 28.3 Å². The summed E-state index contributed by atoms with van der Waals surface area (Å²) in [7, 11) is 6.28. The van der Waals surface area contributed by atoms with Crippen LogP contribution in [-0.2, 0) is 0 Å². The van der Waals surface area contributed by atoms with Crippen LogP contribution in [0.25, 0.3) is 22.1 Å². The number of amides is 1. The Morgan fingerprint density at radius 2 is 1.71 bits per heavy atom. The fourth-order valence-electron chi connectivity index (χ4n) is 2.90. The summed E-state index contributed by atoms with van der Waals surface area (Å²) in [6.07, 6.45) is -0.494. The fourth-order valence-corrected chi connectivity index (χ4v) is 2.90. The van der Waals surface area contributed by atoms with E-state index in [2.05, 4.69) is 0 Å². The van der Waals surface area contributed by atoms with Crippen LogP contribution >= 0.6 is 0 Å². The van der Waals surface area contributed by atoms with Gasteiger partial charge in [0.05, 0.1) is 19.8 Å². The minimum Gasteiger partial charge on any atom is -0.497 e. The van der Waals surface area contributed by atoms with Gasteiger partial charge in [0.2, 0.25) is 0 Å². The lowest BCUT2D eigenvalue weighted by Gasteiger charge is -2.14. The number of ether oxygens (including phenoxy) is 3. The Kier molecular flexibility index (Phi) is 5.26. The van der Waals surface area contributed by atoms with E-state index in [1.54, 1.807) is 57.6 Å². The van der Waals surface area contributed by atoms with Crippen LogP contribution in [-0.4, -0.2) is 39.3 Å². The predicted octanol–water partition coefficient (Wildman–Crippen LogP) is 3.85. The highest BCUT2D eigenvalue weighted by molar-refractivity contribution is 5.89. The van der Waals surface area contributed by atoms with E-state index in [9.17, 15) is 9.59 Å². The molecule has 0 radical (unpaired) electrons. The molecule has 3 aromatic rings. The molecular weight excluding hydrogens is 362 g/mol. The Morgan fingerprint density at radius 3 is 2.36 bits per heavy atom. The number of methoxy groups -OCH3 is 2. The van der Waals surface area contributed by atoms with Crippen LogP contribution in [0.15, 0.2) is 45.6 Å². The SMILES string of the molecule is COc1ccc(-c2c(C)c3cc(OC(=O)N(C)C)ccc3oc2=O)c(OC)c1. The van der Waals surface area contributed by atoms with E-state index >= 15 is 0 Å². The third-order valence-corrected chi connectivity index (χ3v) is 4.39. The number of rotatable bonds is 4. The quantitative estimate of drug-likeness (QED) is 0.637. The molecule has 28 heavy (non-hydrogen) atoms. The summed E-state index contributed by atoms with van der Waals surface area (Å²) >= 11 is 0. The topological polar surface area (TPSA) is 78.2 Å². The molecule has 0 unspecified atom stereocenters. The number of carbonyl (C=O) groups excluding carboxylic acids is 1. The Balaban J connectivity index is 2.19. The monoisotopic (exact) mass is 383 g/mol. The van der Waals surface area contributed by atoms with Crippen LogP contribution in [0.3, 0.4) is 0 Å². The number of hydrogen-bond acceptors (Lipinski definition) is 6. The molecule has 7 nitrogen and oxygen atoms in total. The van der Waals surface area contributed by atoms with Crippen molar-refractivity contribution in [1.82, 2.24) is 4.90 Å². The van der Waals surface area contributed by atoms with Gasteiger partial charge in [-0.2, -0.15) is 0 Å². The molecule has 0 N–H and O–H groups in total. The fraction of sp³-hybridized carbons (Fsp3) is 0.238. The molecule has 1 amide bonds. The molecule has 146 valence electrons. The van der Waals surface area contributed by atoms with Crippen molar-refractivity contribution in [2.45, 2.75) is 6.92 Å². The molecule has 1 heterocycles. The first-order valence-corrected chi connectivity index (χ1v) is 8.54. The van der Waals surface area contributed by atoms with Crippen LogP contribution in [0.1, 0.15) is 5.56 Å². The predicted molar refractivity (Wildman–Crippen MR) is 105 cm³/mol. The zero-order valence-electron chi connectivity index (χ0n) is 16.4. The van der Waals surface area contributed by atoms with Gasteiger partial charge in [-0.15, -0.1) is 0 Å². The average Bonchev–Trinajstić information content (AvgIpc) is 2.68. The van der Waals surface area contributed by atoms with E-state index < -0.39 is 11.7 Å². The molecule has 3 rings (SSSR count). The zero-order valence-corrected chi connectivity index (χ0v) is 16.4. The van der Waals surface area contributed by atoms with Gasteiger partial charge in [-0.05, 0) is 42.8 Å². The van der Waals surface area contributed by atoms with Gasteiger partial charge in [0, 0.05) is 31.1 Å². The highest BCUT2D eigenvalue weighted by Crippen LogP contribution is 2.36. The van der Waals surface area contributed by atoms with Crippen molar-refractivity contribution >= 4 is 17.1 Å². The number of benzene rings is 2. The normalized spacial score (nSPS) is 10.6. The van der Waals surface area contributed by atoms with Crippen molar-refractivity contribution in [3.63, 3.8) is 0 Å². The summed E-state index contributed by atoms with van der Waals surface area (Å²) in [5.74, 6) is 1.46. The largest absolute Gasteiger partial charge is 0.497 e. The van der Waals surface area contributed by atoms with Crippen molar-refractivity contribution in [2.24, 2.45) is 0 Å². The van der Waals surface area contributed by atoms with E-state index in [4.69, 9.17) is 18.6 Å². The van der Waals surface area contributed by atoms with Crippen LogP contribution in [0.2, 0.25) is 0 Å². The smallest absolute Gasteiger partial charge is 0.414 e. The number of hydrogen-bond donors (Lipinski definition) is 0. The average molecular weight is 383 g/mol. The molecule has 7 heteroatoms. The molecule has 0 aliphatic heterocycles. The van der Waals surface area contributed by atoms with E-state index in [-0.39, 0.29) is 0 Å². The molecule has 0 bridgehead atoms. The number of carbonyl (C=O) groups is 1. The van der Waals surface area contributed by atoms with E-state index in [0.717, 1.165) is 0 Å². The van der Waals surface area contributed by atoms with Gasteiger partial charge in [-0.1, -0.05) is 0 Å². The highest BCUT2D eigenvalue weighted by atomic mass is 16.6. The molecule has 2 aromatic carbocycles. The standard InChI is InChI=1S/C21H21NO6/c1-12-16-10-14(27-21(24)22(2)3)7-9-17(16)28-20(23)19(12)15-8-6-13(25-4)11-18(15)26-5/h6-11H,1-5H3. The third-order valence-electron chi connectivity index (χ3n) is 4.39. The molecule has 1 aromatic heterocycles. The van der Waals surface area contributed by atoms with E-state index in [1.807, 2.05) is 6.92 Å². The van der Waals surface area contributed by atoms with Crippen molar-refractivity contribution in [1.29, 1.82) is 0 Å². The number of aryl methyl sites for hydroxylation is 1. The minimum atomic E-state index is -0.494. The lowest BCUT2D eigenvalue weighted by atomic mass is 9.98. The number of nitrogens with zero attached hydrogens (tertiary/aromatic N) is 1. The van der Waals surface area contributed by atoms with Crippen molar-refractivity contribution in [3.8, 4) is 28.4 Å². The number of fused-ring (bicyclic) bond motifs is 1. The first-order chi connectivity index (χ1) is 13.3. The Morgan fingerprint density at radius 1 is 1.00 bits per heavy atom. The van der Waals surface area contributed by atoms with Crippen molar-refractivity contribution in [3.05, 3.63) is 52.4 Å². The lowest BCUT2D eigenvalue weighted by Crippen LogP contribution is -2.25. The molecule has 0 saturated heterocycles. The van der Waals surface area contributed by atoms with Gasteiger partial charge in [-0.25, -0.2) is 9.59 Å². The lowest BCUT2D eigenvalue weighted by molar-refractivity contribution is 0.172. The third kappa shape index (κ3) is 3.51. The minimum absolute atomic E-state index is 0.357. The second-order valence-electron chi connectivity index (χ2n) is 6.38. The Bertz CT molecular complexity index is 1100. The van der Waals surface area contributed by atoms with Gasteiger partial charge in [0.1, 0.15) is 22.8 Å². The molecule has 0 spiro atoms. The maximum Gasteiger partial charge on any atom is 0.414 e. The Hall–Kier alpha value is -3.48. The van der Waals surface area contributed by atoms with Crippen LogP contribution in [0.5, 0.6) is 17.2 Å². The summed E-state index contributed by atoms with van der Waals surface area (Å²) < 4.78 is 21.5. The summed E-state index contributed by atoms with van der Waals surface area (Å²) in [6, 6.07) is 10.1. The summed E-state index contributed by atoms with van der Waals surface area (Å²) in [6.45, 7) is 1.82. The highest BCUT2D eigenvalue weighted by Gasteiger charge is 2.18. The maximum atomic E-state index is 12.7. The second kappa shape index (κ2) is 7.64. The van der Waals surface area contributed by atoms with Crippen molar-refractivity contribution < 1.29 is 23.4 Å². The van der Waals surface area contributed by atoms with Gasteiger partial charge in [0.25, 0.3) is 0 Å². The molecular formula is C21H21NO6. The zero-order chi connectivity index (χ0) is 20.4. The van der Waals surface area contributed by atoms with Crippen LogP contribution < -0.4 is 19.8 Å². The maximum absolute atomic E-state index is 12.7. The van der Waals surface area contributed by atoms with Gasteiger partial charge < -0.3 is 23.5 Å². The first kappa shape index (κ1) is 19.3. The van der Waals surface area contributed by atoms with E-state index in [1.165, 1.54) is 12.0 Å². The van der Waals surface area contributed by atoms with Crippen LogP contribution in [0, 0.1) is 6.92 Å².